The van der Waals surface area contributed by atoms with Crippen molar-refractivity contribution in [1.82, 2.24) is 15.6 Å². The Balaban J connectivity index is 1.91. The number of carbonyl (C=O) groups is 2. The van der Waals surface area contributed by atoms with Gasteiger partial charge in [0.25, 0.3) is 11.8 Å². The third-order valence-electron chi connectivity index (χ3n) is 4.27. The van der Waals surface area contributed by atoms with Crippen molar-refractivity contribution in [2.24, 2.45) is 11.6 Å². The first-order valence-corrected chi connectivity index (χ1v) is 9.35. The molecule has 1 aromatic rings. The summed E-state index contributed by atoms with van der Waals surface area (Å²) in [5.41, 5.74) is 9.26. The summed E-state index contributed by atoms with van der Waals surface area (Å²) in [5, 5.41) is 13.8. The fraction of sp³-hybridized carbons (Fsp3) is 0.333. The molecule has 1 aliphatic rings. The predicted molar refractivity (Wildman–Crippen MR) is 108 cm³/mol. The Morgan fingerprint density at radius 1 is 1.39 bits per heavy atom. The van der Waals surface area contributed by atoms with Crippen LogP contribution in [0.15, 0.2) is 41.4 Å². The van der Waals surface area contributed by atoms with E-state index in [1.165, 1.54) is 11.1 Å². The van der Waals surface area contributed by atoms with E-state index in [1.807, 2.05) is 13.0 Å². The maximum absolute atomic E-state index is 12.5. The smallest absolute Gasteiger partial charge is 0.289 e. The van der Waals surface area contributed by atoms with Crippen LogP contribution >= 0.6 is 23.2 Å². The molecule has 2 rings (SSSR count). The number of rotatable bonds is 8. The molecule has 1 atom stereocenters. The van der Waals surface area contributed by atoms with Crippen LogP contribution in [0.4, 0.5) is 0 Å². The second-order valence-electron chi connectivity index (χ2n) is 6.54. The van der Waals surface area contributed by atoms with Crippen LogP contribution in [0.5, 0.6) is 0 Å². The topological polar surface area (TPSA) is 134 Å². The SMILES string of the molecule is CC(CCc1ccc(Cl)c(Cl)c1)NC(=O)C1=C(O)C(=O)N(C/C(N)=C/NN)C1. The fourth-order valence-electron chi connectivity index (χ4n) is 2.76. The predicted octanol–water partition coefficient (Wildman–Crippen LogP) is 1.35. The van der Waals surface area contributed by atoms with Crippen molar-refractivity contribution in [2.45, 2.75) is 25.8 Å². The van der Waals surface area contributed by atoms with Crippen LogP contribution in [0.3, 0.4) is 0 Å². The number of hydrazine groups is 1. The highest BCUT2D eigenvalue weighted by Gasteiger charge is 2.34. The van der Waals surface area contributed by atoms with Crippen LogP contribution in [0.1, 0.15) is 18.9 Å². The van der Waals surface area contributed by atoms with Gasteiger partial charge in [-0.05, 0) is 37.5 Å². The Bertz CT molecular complexity index is 825. The number of benzene rings is 1. The number of aliphatic hydroxyl groups is 1. The molecule has 1 aliphatic heterocycles. The second kappa shape index (κ2) is 9.68. The first-order chi connectivity index (χ1) is 13.2. The van der Waals surface area contributed by atoms with Gasteiger partial charge in [0.2, 0.25) is 0 Å². The number of hydrogen-bond donors (Lipinski definition) is 5. The van der Waals surface area contributed by atoms with Crippen molar-refractivity contribution in [1.29, 1.82) is 0 Å². The van der Waals surface area contributed by atoms with E-state index in [0.717, 1.165) is 5.56 Å². The summed E-state index contributed by atoms with van der Waals surface area (Å²) in [6.07, 6.45) is 2.66. The quantitative estimate of drug-likeness (QED) is 0.314. The second-order valence-corrected chi connectivity index (χ2v) is 7.35. The minimum absolute atomic E-state index is 0.0138. The molecule has 152 valence electrons. The van der Waals surface area contributed by atoms with Gasteiger partial charge in [0.15, 0.2) is 5.76 Å². The molecular weight excluding hydrogens is 405 g/mol. The van der Waals surface area contributed by atoms with Gasteiger partial charge in [-0.2, -0.15) is 0 Å². The van der Waals surface area contributed by atoms with Crippen LogP contribution < -0.4 is 22.3 Å². The third-order valence-corrected chi connectivity index (χ3v) is 5.01. The lowest BCUT2D eigenvalue weighted by Gasteiger charge is -2.17. The number of nitrogens with one attached hydrogen (secondary N) is 2. The molecule has 1 aromatic carbocycles. The van der Waals surface area contributed by atoms with E-state index >= 15 is 0 Å². The van der Waals surface area contributed by atoms with Crippen LogP contribution in [-0.2, 0) is 16.0 Å². The summed E-state index contributed by atoms with van der Waals surface area (Å²) < 4.78 is 0. The number of halogens is 2. The minimum atomic E-state index is -0.651. The standard InChI is InChI=1S/C18H23Cl2N5O3/c1-10(2-3-11-4-5-14(19)15(20)6-11)24-17(27)13-9-25(18(28)16(13)26)8-12(21)7-23-22/h4-7,10,23,26H,2-3,8-9,21-22H2,1H3,(H,24,27)/b12-7-. The largest absolute Gasteiger partial charge is 0.503 e. The van der Waals surface area contributed by atoms with E-state index in [1.54, 1.807) is 12.1 Å². The van der Waals surface area contributed by atoms with E-state index in [-0.39, 0.29) is 24.7 Å². The molecule has 0 saturated heterocycles. The summed E-state index contributed by atoms with van der Waals surface area (Å²) in [4.78, 5) is 25.8. The molecule has 0 aromatic heterocycles. The van der Waals surface area contributed by atoms with Crippen molar-refractivity contribution in [3.63, 3.8) is 0 Å². The van der Waals surface area contributed by atoms with Gasteiger partial charge in [0.1, 0.15) is 0 Å². The van der Waals surface area contributed by atoms with Crippen molar-refractivity contribution in [3.8, 4) is 0 Å². The Morgan fingerprint density at radius 3 is 2.75 bits per heavy atom. The van der Waals surface area contributed by atoms with Crippen molar-refractivity contribution >= 4 is 35.0 Å². The fourth-order valence-corrected chi connectivity index (χ4v) is 3.08. The van der Waals surface area contributed by atoms with Crippen molar-refractivity contribution in [3.05, 3.63) is 57.0 Å². The lowest BCUT2D eigenvalue weighted by Crippen LogP contribution is -2.36. The van der Waals surface area contributed by atoms with Gasteiger partial charge in [-0.15, -0.1) is 0 Å². The molecule has 1 heterocycles. The van der Waals surface area contributed by atoms with Crippen LogP contribution in [0.2, 0.25) is 10.0 Å². The highest BCUT2D eigenvalue weighted by atomic mass is 35.5. The molecule has 8 nitrogen and oxygen atoms in total. The number of aryl methyl sites for hydroxylation is 1. The third kappa shape index (κ3) is 5.54. The van der Waals surface area contributed by atoms with Crippen LogP contribution in [0, 0.1) is 0 Å². The van der Waals surface area contributed by atoms with Gasteiger partial charge < -0.3 is 26.5 Å². The van der Waals surface area contributed by atoms with E-state index < -0.39 is 17.6 Å². The maximum atomic E-state index is 12.5. The molecular formula is C18H23Cl2N5O3. The summed E-state index contributed by atoms with van der Waals surface area (Å²) in [7, 11) is 0. The number of hydrogen-bond acceptors (Lipinski definition) is 6. The molecule has 28 heavy (non-hydrogen) atoms. The molecule has 1 unspecified atom stereocenters. The Hall–Kier alpha value is -2.42. The highest BCUT2D eigenvalue weighted by molar-refractivity contribution is 6.42. The molecule has 0 spiro atoms. The van der Waals surface area contributed by atoms with E-state index in [4.69, 9.17) is 34.8 Å². The molecule has 2 amide bonds. The average Bonchev–Trinajstić information content (AvgIpc) is 2.91. The Kier molecular flexibility index (Phi) is 7.56. The lowest BCUT2D eigenvalue weighted by molar-refractivity contribution is -0.127. The zero-order valence-electron chi connectivity index (χ0n) is 15.3. The number of nitrogens with two attached hydrogens (primary N) is 2. The Labute approximate surface area is 173 Å². The van der Waals surface area contributed by atoms with Gasteiger partial charge in [-0.25, -0.2) is 0 Å². The number of carbonyl (C=O) groups excluding carboxylic acids is 2. The van der Waals surface area contributed by atoms with Gasteiger partial charge in [-0.3, -0.25) is 15.4 Å². The first-order valence-electron chi connectivity index (χ1n) is 8.59. The van der Waals surface area contributed by atoms with Crippen LogP contribution in [-0.4, -0.2) is 41.0 Å². The van der Waals surface area contributed by atoms with E-state index in [2.05, 4.69) is 10.7 Å². The molecule has 10 heteroatoms. The number of amides is 2. The van der Waals surface area contributed by atoms with Crippen LogP contribution in [0.25, 0.3) is 0 Å². The molecule has 0 fully saturated rings. The zero-order valence-corrected chi connectivity index (χ0v) is 16.8. The summed E-state index contributed by atoms with van der Waals surface area (Å²) >= 11 is 11.9. The van der Waals surface area contributed by atoms with E-state index in [9.17, 15) is 14.7 Å². The summed E-state index contributed by atoms with van der Waals surface area (Å²) in [5.74, 6) is 3.43. The molecule has 0 bridgehead atoms. The van der Waals surface area contributed by atoms with Crippen molar-refractivity contribution < 1.29 is 14.7 Å². The molecule has 0 aliphatic carbocycles. The van der Waals surface area contributed by atoms with Gasteiger partial charge in [-0.1, -0.05) is 29.3 Å². The minimum Gasteiger partial charge on any atom is -0.503 e. The summed E-state index contributed by atoms with van der Waals surface area (Å²) in [6, 6.07) is 5.20. The first kappa shape index (κ1) is 21.9. The molecule has 7 N–H and O–H groups in total. The maximum Gasteiger partial charge on any atom is 0.289 e. The number of nitrogens with zero attached hydrogens (tertiary/aromatic N) is 1. The average molecular weight is 428 g/mol. The lowest BCUT2D eigenvalue weighted by atomic mass is 10.1. The summed E-state index contributed by atoms with van der Waals surface area (Å²) in [6.45, 7) is 1.85. The normalized spacial score (nSPS) is 15.8. The van der Waals surface area contributed by atoms with Gasteiger partial charge in [0.05, 0.1) is 28.7 Å². The highest BCUT2D eigenvalue weighted by Crippen LogP contribution is 2.23. The number of aliphatic hydroxyl groups excluding tert-OH is 1. The van der Waals surface area contributed by atoms with Gasteiger partial charge >= 0.3 is 0 Å². The molecule has 0 radical (unpaired) electrons. The van der Waals surface area contributed by atoms with E-state index in [0.29, 0.717) is 28.6 Å². The molecule has 0 saturated carbocycles. The monoisotopic (exact) mass is 427 g/mol. The van der Waals surface area contributed by atoms with Gasteiger partial charge in [0, 0.05) is 17.9 Å². The Morgan fingerprint density at radius 2 is 2.11 bits per heavy atom. The van der Waals surface area contributed by atoms with Crippen molar-refractivity contribution in [2.75, 3.05) is 13.1 Å². The zero-order chi connectivity index (χ0) is 20.8.